The lowest BCUT2D eigenvalue weighted by atomic mass is 10.1. The van der Waals surface area contributed by atoms with Gasteiger partial charge in [0.05, 0.1) is 23.3 Å². The van der Waals surface area contributed by atoms with E-state index >= 15 is 0 Å². The van der Waals surface area contributed by atoms with Crippen LogP contribution in [0.5, 0.6) is 0 Å². The van der Waals surface area contributed by atoms with Gasteiger partial charge in [-0.05, 0) is 48.5 Å². The molecule has 1 aromatic heterocycles. The van der Waals surface area contributed by atoms with Gasteiger partial charge in [-0.1, -0.05) is 41.1 Å². The van der Waals surface area contributed by atoms with E-state index in [0.717, 1.165) is 48.8 Å². The minimum absolute atomic E-state index is 0.162. The Labute approximate surface area is 185 Å². The molecule has 5 nitrogen and oxygen atoms in total. The molecule has 1 aliphatic heterocycles. The third kappa shape index (κ3) is 3.99. The molecule has 0 N–H and O–H groups in total. The highest BCUT2D eigenvalue weighted by Gasteiger charge is 2.19. The van der Waals surface area contributed by atoms with Gasteiger partial charge in [0.15, 0.2) is 0 Å². The number of hydrogen-bond donors (Lipinski definition) is 0. The lowest BCUT2D eigenvalue weighted by Gasteiger charge is -2.37. The molecular weight excluding hydrogens is 413 g/mol. The molecule has 0 radical (unpaired) electrons. The van der Waals surface area contributed by atoms with Gasteiger partial charge in [-0.15, -0.1) is 5.10 Å². The SMILES string of the molecule is Fc1ccccc1N1CCN(c2ccc(-n3nncc3-c3ccc(Cl)cc3)cc2)CC1. The van der Waals surface area contributed by atoms with E-state index in [1.165, 1.54) is 6.07 Å². The van der Waals surface area contributed by atoms with Gasteiger partial charge in [0.1, 0.15) is 5.82 Å². The first-order chi connectivity index (χ1) is 15.2. The fraction of sp³-hybridized carbons (Fsp3) is 0.167. The fourth-order valence-electron chi connectivity index (χ4n) is 3.96. The average molecular weight is 434 g/mol. The molecule has 0 unspecified atom stereocenters. The van der Waals surface area contributed by atoms with Crippen LogP contribution in [0.25, 0.3) is 16.9 Å². The first-order valence-corrected chi connectivity index (χ1v) is 10.6. The molecule has 0 bridgehead atoms. The molecule has 1 aliphatic rings. The van der Waals surface area contributed by atoms with E-state index < -0.39 is 0 Å². The second-order valence-electron chi connectivity index (χ2n) is 7.48. The zero-order valence-corrected chi connectivity index (χ0v) is 17.6. The van der Waals surface area contributed by atoms with Gasteiger partial charge in [0.2, 0.25) is 0 Å². The summed E-state index contributed by atoms with van der Waals surface area (Å²) in [5.41, 5.74) is 4.67. The summed E-state index contributed by atoms with van der Waals surface area (Å²) in [6.07, 6.45) is 1.75. The molecule has 1 fully saturated rings. The second-order valence-corrected chi connectivity index (χ2v) is 7.92. The normalized spacial score (nSPS) is 14.1. The van der Waals surface area contributed by atoms with Crippen LogP contribution in [-0.4, -0.2) is 41.2 Å². The summed E-state index contributed by atoms with van der Waals surface area (Å²) < 4.78 is 15.9. The standard InChI is InChI=1S/C24H21ClFN5/c25-19-7-5-18(6-8-19)24-17-27-28-31(24)21-11-9-20(10-12-21)29-13-15-30(16-14-29)23-4-2-1-3-22(23)26/h1-12,17H,13-16H2. The van der Waals surface area contributed by atoms with E-state index in [-0.39, 0.29) is 5.82 Å². The molecule has 3 aromatic carbocycles. The van der Waals surface area contributed by atoms with E-state index in [9.17, 15) is 4.39 Å². The number of anilines is 2. The predicted molar refractivity (Wildman–Crippen MR) is 123 cm³/mol. The highest BCUT2D eigenvalue weighted by Crippen LogP contribution is 2.26. The Bertz CT molecular complexity index is 1170. The van der Waals surface area contributed by atoms with Crippen LogP contribution in [0.3, 0.4) is 0 Å². The van der Waals surface area contributed by atoms with Gasteiger partial charge in [-0.2, -0.15) is 0 Å². The number of hydrogen-bond acceptors (Lipinski definition) is 4. The first-order valence-electron chi connectivity index (χ1n) is 10.2. The van der Waals surface area contributed by atoms with Crippen LogP contribution in [0, 0.1) is 5.82 Å². The van der Waals surface area contributed by atoms with Gasteiger partial charge in [0, 0.05) is 42.5 Å². The molecule has 1 saturated heterocycles. The van der Waals surface area contributed by atoms with Crippen LogP contribution in [0.1, 0.15) is 0 Å². The molecule has 0 aliphatic carbocycles. The van der Waals surface area contributed by atoms with Crippen molar-refractivity contribution in [3.05, 3.63) is 89.8 Å². The second kappa shape index (κ2) is 8.40. The van der Waals surface area contributed by atoms with Gasteiger partial charge in [-0.25, -0.2) is 9.07 Å². The molecule has 156 valence electrons. The molecule has 0 amide bonds. The Balaban J connectivity index is 1.30. The van der Waals surface area contributed by atoms with Crippen molar-refractivity contribution < 1.29 is 4.39 Å². The molecule has 0 saturated carbocycles. The molecule has 0 atom stereocenters. The highest BCUT2D eigenvalue weighted by molar-refractivity contribution is 6.30. The number of halogens is 2. The number of nitrogens with zero attached hydrogens (tertiary/aromatic N) is 5. The number of rotatable bonds is 4. The van der Waals surface area contributed by atoms with Crippen LogP contribution in [-0.2, 0) is 0 Å². The van der Waals surface area contributed by atoms with E-state index in [1.807, 2.05) is 53.2 Å². The minimum Gasteiger partial charge on any atom is -0.368 e. The summed E-state index contributed by atoms with van der Waals surface area (Å²) in [5.74, 6) is -0.162. The molecule has 5 rings (SSSR count). The van der Waals surface area contributed by atoms with Crippen LogP contribution >= 0.6 is 11.6 Å². The van der Waals surface area contributed by atoms with E-state index in [4.69, 9.17) is 11.6 Å². The van der Waals surface area contributed by atoms with Crippen molar-refractivity contribution >= 4 is 23.0 Å². The molecule has 31 heavy (non-hydrogen) atoms. The molecule has 7 heteroatoms. The number of para-hydroxylation sites is 1. The maximum Gasteiger partial charge on any atom is 0.146 e. The molecule has 0 spiro atoms. The van der Waals surface area contributed by atoms with Crippen LogP contribution in [0.4, 0.5) is 15.8 Å². The predicted octanol–water partition coefficient (Wildman–Crippen LogP) is 5.05. The Hall–Kier alpha value is -3.38. The fourth-order valence-corrected chi connectivity index (χ4v) is 4.09. The monoisotopic (exact) mass is 433 g/mol. The molecule has 2 heterocycles. The van der Waals surface area contributed by atoms with Gasteiger partial charge in [0.25, 0.3) is 0 Å². The van der Waals surface area contributed by atoms with Crippen LogP contribution < -0.4 is 9.80 Å². The summed E-state index contributed by atoms with van der Waals surface area (Å²) in [4.78, 5) is 4.43. The Kier molecular flexibility index (Phi) is 5.30. The van der Waals surface area contributed by atoms with Crippen LogP contribution in [0.15, 0.2) is 79.0 Å². The summed E-state index contributed by atoms with van der Waals surface area (Å²) in [6.45, 7) is 3.25. The lowest BCUT2D eigenvalue weighted by molar-refractivity contribution is 0.598. The third-order valence-electron chi connectivity index (χ3n) is 5.62. The van der Waals surface area contributed by atoms with Crippen molar-refractivity contribution in [2.45, 2.75) is 0 Å². The summed E-state index contributed by atoms with van der Waals surface area (Å²) in [7, 11) is 0. The number of benzene rings is 3. The first kappa shape index (κ1) is 19.6. The maximum atomic E-state index is 14.1. The summed E-state index contributed by atoms with van der Waals surface area (Å²) >= 11 is 6.01. The van der Waals surface area contributed by atoms with Crippen molar-refractivity contribution in [3.8, 4) is 16.9 Å². The van der Waals surface area contributed by atoms with E-state index in [1.54, 1.807) is 12.3 Å². The molecule has 4 aromatic rings. The van der Waals surface area contributed by atoms with Crippen molar-refractivity contribution in [3.63, 3.8) is 0 Å². The van der Waals surface area contributed by atoms with Crippen LogP contribution in [0.2, 0.25) is 5.02 Å². The third-order valence-corrected chi connectivity index (χ3v) is 5.87. The number of aromatic nitrogens is 3. The Morgan fingerprint density at radius 1 is 0.742 bits per heavy atom. The minimum atomic E-state index is -0.162. The zero-order valence-electron chi connectivity index (χ0n) is 16.8. The highest BCUT2D eigenvalue weighted by atomic mass is 35.5. The quantitative estimate of drug-likeness (QED) is 0.451. The Morgan fingerprint density at radius 3 is 2.10 bits per heavy atom. The van der Waals surface area contributed by atoms with Crippen molar-refractivity contribution in [2.75, 3.05) is 36.0 Å². The largest absolute Gasteiger partial charge is 0.368 e. The number of piperazine rings is 1. The average Bonchev–Trinajstić information content (AvgIpc) is 3.30. The topological polar surface area (TPSA) is 37.2 Å². The summed E-state index contributed by atoms with van der Waals surface area (Å²) in [6, 6.07) is 22.9. The molecular formula is C24H21ClFN5. The zero-order chi connectivity index (χ0) is 21.2. The van der Waals surface area contributed by atoms with Crippen molar-refractivity contribution in [2.24, 2.45) is 0 Å². The Morgan fingerprint density at radius 2 is 1.39 bits per heavy atom. The maximum absolute atomic E-state index is 14.1. The van der Waals surface area contributed by atoms with Gasteiger partial charge in [-0.3, -0.25) is 0 Å². The lowest BCUT2D eigenvalue weighted by Crippen LogP contribution is -2.46. The van der Waals surface area contributed by atoms with Gasteiger partial charge >= 0.3 is 0 Å². The summed E-state index contributed by atoms with van der Waals surface area (Å²) in [5, 5.41) is 9.04. The van der Waals surface area contributed by atoms with Crippen molar-refractivity contribution in [1.82, 2.24) is 15.0 Å². The van der Waals surface area contributed by atoms with Gasteiger partial charge < -0.3 is 9.80 Å². The van der Waals surface area contributed by atoms with Crippen molar-refractivity contribution in [1.29, 1.82) is 0 Å². The van der Waals surface area contributed by atoms with E-state index in [0.29, 0.717) is 10.7 Å². The smallest absolute Gasteiger partial charge is 0.146 e. The van der Waals surface area contributed by atoms with E-state index in [2.05, 4.69) is 32.2 Å².